The molecule has 5 nitrogen and oxygen atoms in total. The highest BCUT2D eigenvalue weighted by molar-refractivity contribution is 6.35. The quantitative estimate of drug-likeness (QED) is 0.773. The van der Waals surface area contributed by atoms with Crippen LogP contribution in [0.15, 0.2) is 52.2 Å². The van der Waals surface area contributed by atoms with Gasteiger partial charge in [-0.25, -0.2) is 0 Å². The minimum absolute atomic E-state index is 0.102. The molecule has 118 valence electrons. The van der Waals surface area contributed by atoms with E-state index in [1.54, 1.807) is 35.0 Å². The molecule has 3 aromatic rings. The molecule has 23 heavy (non-hydrogen) atoms. The van der Waals surface area contributed by atoms with E-state index >= 15 is 0 Å². The molecule has 0 aliphatic rings. The SMILES string of the molecule is CCn1cccc(NCc2cc3cccc(Cl)c3[nH]c2=O)c1=O. The van der Waals surface area contributed by atoms with Gasteiger partial charge < -0.3 is 14.9 Å². The van der Waals surface area contributed by atoms with Gasteiger partial charge >= 0.3 is 0 Å². The molecule has 0 saturated carbocycles. The van der Waals surface area contributed by atoms with E-state index in [0.29, 0.717) is 28.3 Å². The summed E-state index contributed by atoms with van der Waals surface area (Å²) in [6.45, 7) is 2.77. The van der Waals surface area contributed by atoms with Crippen molar-refractivity contribution in [1.82, 2.24) is 9.55 Å². The van der Waals surface area contributed by atoms with E-state index in [2.05, 4.69) is 10.3 Å². The van der Waals surface area contributed by atoms with E-state index in [1.807, 2.05) is 19.1 Å². The molecule has 2 aromatic heterocycles. The van der Waals surface area contributed by atoms with E-state index in [9.17, 15) is 9.59 Å². The number of anilines is 1. The lowest BCUT2D eigenvalue weighted by Gasteiger charge is -2.09. The van der Waals surface area contributed by atoms with Crippen molar-refractivity contribution in [2.75, 3.05) is 5.32 Å². The molecule has 0 aliphatic carbocycles. The molecule has 2 heterocycles. The number of aromatic amines is 1. The minimum atomic E-state index is -0.218. The largest absolute Gasteiger partial charge is 0.376 e. The van der Waals surface area contributed by atoms with Crippen LogP contribution in [0.3, 0.4) is 0 Å². The zero-order valence-corrected chi connectivity index (χ0v) is 13.4. The topological polar surface area (TPSA) is 66.9 Å². The zero-order chi connectivity index (χ0) is 16.4. The molecule has 0 fully saturated rings. The minimum Gasteiger partial charge on any atom is -0.376 e. The Balaban J connectivity index is 1.92. The number of hydrogen-bond donors (Lipinski definition) is 2. The van der Waals surface area contributed by atoms with Gasteiger partial charge in [-0.1, -0.05) is 23.7 Å². The predicted octanol–water partition coefficient (Wildman–Crippen LogP) is 2.98. The summed E-state index contributed by atoms with van der Waals surface area (Å²) >= 11 is 6.08. The summed E-state index contributed by atoms with van der Waals surface area (Å²) in [5.41, 5.74) is 1.32. The summed E-state index contributed by atoms with van der Waals surface area (Å²) in [5.74, 6) is 0. The van der Waals surface area contributed by atoms with Crippen LogP contribution in [0, 0.1) is 0 Å². The number of H-pyrrole nitrogens is 1. The lowest BCUT2D eigenvalue weighted by Crippen LogP contribution is -2.23. The van der Waals surface area contributed by atoms with Gasteiger partial charge in [0.1, 0.15) is 5.69 Å². The number of benzene rings is 1. The Morgan fingerprint density at radius 1 is 1.22 bits per heavy atom. The van der Waals surface area contributed by atoms with Crippen molar-refractivity contribution in [2.24, 2.45) is 0 Å². The normalized spacial score (nSPS) is 10.9. The summed E-state index contributed by atoms with van der Waals surface area (Å²) < 4.78 is 1.60. The average molecular weight is 330 g/mol. The van der Waals surface area contributed by atoms with Gasteiger partial charge in [-0.05, 0) is 31.2 Å². The number of hydrogen-bond acceptors (Lipinski definition) is 3. The molecule has 0 radical (unpaired) electrons. The maximum Gasteiger partial charge on any atom is 0.273 e. The first-order valence-electron chi connectivity index (χ1n) is 7.34. The van der Waals surface area contributed by atoms with Gasteiger partial charge in [0.05, 0.1) is 10.5 Å². The molecule has 0 spiro atoms. The number of fused-ring (bicyclic) bond motifs is 1. The summed E-state index contributed by atoms with van der Waals surface area (Å²) in [5, 5.41) is 4.40. The van der Waals surface area contributed by atoms with Crippen molar-refractivity contribution in [3.63, 3.8) is 0 Å². The Labute approximate surface area is 137 Å². The Bertz CT molecular complexity index is 975. The van der Waals surface area contributed by atoms with Crippen LogP contribution in [-0.2, 0) is 13.1 Å². The molecule has 0 saturated heterocycles. The maximum absolute atomic E-state index is 12.2. The van der Waals surface area contributed by atoms with Gasteiger partial charge in [-0.15, -0.1) is 0 Å². The zero-order valence-electron chi connectivity index (χ0n) is 12.6. The molecule has 2 N–H and O–H groups in total. The Kier molecular flexibility index (Phi) is 4.21. The first-order chi connectivity index (χ1) is 11.1. The third kappa shape index (κ3) is 3.00. The highest BCUT2D eigenvalue weighted by atomic mass is 35.5. The van der Waals surface area contributed by atoms with Crippen LogP contribution in [0.2, 0.25) is 5.02 Å². The van der Waals surface area contributed by atoms with Crippen LogP contribution >= 0.6 is 11.6 Å². The molecule has 3 rings (SSSR count). The molecule has 0 bridgehead atoms. The lowest BCUT2D eigenvalue weighted by atomic mass is 10.1. The van der Waals surface area contributed by atoms with Crippen molar-refractivity contribution in [3.8, 4) is 0 Å². The molecule has 0 aliphatic heterocycles. The summed E-state index contributed by atoms with van der Waals surface area (Å²) in [6.07, 6.45) is 1.73. The molecule has 0 unspecified atom stereocenters. The lowest BCUT2D eigenvalue weighted by molar-refractivity contribution is 0.728. The molecule has 6 heteroatoms. The number of nitrogens with zero attached hydrogens (tertiary/aromatic N) is 1. The van der Waals surface area contributed by atoms with E-state index in [0.717, 1.165) is 5.39 Å². The fraction of sp³-hybridized carbons (Fsp3) is 0.176. The number of pyridine rings is 2. The van der Waals surface area contributed by atoms with Gasteiger partial charge in [0.2, 0.25) is 0 Å². The monoisotopic (exact) mass is 329 g/mol. The summed E-state index contributed by atoms with van der Waals surface area (Å²) in [7, 11) is 0. The van der Waals surface area contributed by atoms with Crippen LogP contribution in [0.1, 0.15) is 12.5 Å². The fourth-order valence-corrected chi connectivity index (χ4v) is 2.71. The van der Waals surface area contributed by atoms with Gasteiger partial charge in [0.25, 0.3) is 11.1 Å². The standard InChI is InChI=1S/C17H16ClN3O2/c1-2-21-8-4-7-14(17(21)23)19-10-12-9-11-5-3-6-13(18)15(11)20-16(12)22/h3-9,19H,2,10H2,1H3,(H,20,22). The second-order valence-corrected chi connectivity index (χ2v) is 5.60. The van der Waals surface area contributed by atoms with Crippen LogP contribution in [0.4, 0.5) is 5.69 Å². The molecule has 1 aromatic carbocycles. The number of rotatable bonds is 4. The number of aryl methyl sites for hydroxylation is 1. The van der Waals surface area contributed by atoms with E-state index in [-0.39, 0.29) is 17.7 Å². The maximum atomic E-state index is 12.2. The van der Waals surface area contributed by atoms with Gasteiger partial charge in [-0.2, -0.15) is 0 Å². The first kappa shape index (κ1) is 15.4. The van der Waals surface area contributed by atoms with E-state index < -0.39 is 0 Å². The van der Waals surface area contributed by atoms with Gasteiger partial charge in [-0.3, -0.25) is 9.59 Å². The van der Waals surface area contributed by atoms with Crippen molar-refractivity contribution >= 4 is 28.2 Å². The van der Waals surface area contributed by atoms with Crippen LogP contribution < -0.4 is 16.4 Å². The Hall–Kier alpha value is -2.53. The van der Waals surface area contributed by atoms with Crippen LogP contribution in [0.25, 0.3) is 10.9 Å². The number of aromatic nitrogens is 2. The number of halogens is 1. The van der Waals surface area contributed by atoms with Crippen molar-refractivity contribution in [3.05, 3.63) is 73.9 Å². The molecular weight excluding hydrogens is 314 g/mol. The third-order valence-electron chi connectivity index (χ3n) is 3.74. The summed E-state index contributed by atoms with van der Waals surface area (Å²) in [6, 6.07) is 10.7. The number of para-hydroxylation sites is 1. The predicted molar refractivity (Wildman–Crippen MR) is 93.3 cm³/mol. The van der Waals surface area contributed by atoms with Crippen LogP contribution in [-0.4, -0.2) is 9.55 Å². The molecule has 0 atom stereocenters. The van der Waals surface area contributed by atoms with Crippen molar-refractivity contribution in [1.29, 1.82) is 0 Å². The highest BCUT2D eigenvalue weighted by Crippen LogP contribution is 2.20. The Morgan fingerprint density at radius 3 is 2.83 bits per heavy atom. The van der Waals surface area contributed by atoms with E-state index in [1.165, 1.54) is 0 Å². The highest BCUT2D eigenvalue weighted by Gasteiger charge is 2.07. The molecular formula is C17H16ClN3O2. The second-order valence-electron chi connectivity index (χ2n) is 5.19. The van der Waals surface area contributed by atoms with Crippen molar-refractivity contribution in [2.45, 2.75) is 20.0 Å². The van der Waals surface area contributed by atoms with Gasteiger partial charge in [0.15, 0.2) is 0 Å². The average Bonchev–Trinajstić information content (AvgIpc) is 2.55. The first-order valence-corrected chi connectivity index (χ1v) is 7.71. The molecule has 0 amide bonds. The third-order valence-corrected chi connectivity index (χ3v) is 4.05. The summed E-state index contributed by atoms with van der Waals surface area (Å²) in [4.78, 5) is 27.1. The smallest absolute Gasteiger partial charge is 0.273 e. The second kappa shape index (κ2) is 6.30. The fourth-order valence-electron chi connectivity index (χ4n) is 2.48. The Morgan fingerprint density at radius 2 is 2.04 bits per heavy atom. The number of nitrogens with one attached hydrogen (secondary N) is 2. The van der Waals surface area contributed by atoms with Crippen molar-refractivity contribution < 1.29 is 0 Å². The van der Waals surface area contributed by atoms with E-state index in [4.69, 9.17) is 11.6 Å². The van der Waals surface area contributed by atoms with Crippen LogP contribution in [0.5, 0.6) is 0 Å². The van der Waals surface area contributed by atoms with Gasteiger partial charge in [0, 0.05) is 30.2 Å².